The Hall–Kier alpha value is -2.53. The van der Waals surface area contributed by atoms with Crippen molar-refractivity contribution in [2.24, 2.45) is 0 Å². The predicted molar refractivity (Wildman–Crippen MR) is 122 cm³/mol. The van der Waals surface area contributed by atoms with Gasteiger partial charge in [0.25, 0.3) is 0 Å². The molecular weight excluding hydrogens is 396 g/mol. The average Bonchev–Trinajstić information content (AvgIpc) is 3.14. The molecule has 0 saturated heterocycles. The second-order valence-corrected chi connectivity index (χ2v) is 9.54. The van der Waals surface area contributed by atoms with Crippen molar-refractivity contribution in [3.8, 4) is 16.6 Å². The first kappa shape index (κ1) is 23.7. The number of anilines is 1. The van der Waals surface area contributed by atoms with E-state index < -0.39 is 0 Å². The Bertz CT molecular complexity index is 878. The highest BCUT2D eigenvalue weighted by atomic mass is 32.1. The number of carbonyl (C=O) groups excluding carboxylic acids is 1. The van der Waals surface area contributed by atoms with Crippen molar-refractivity contribution in [3.05, 3.63) is 23.0 Å². The number of hydrogen-bond donors (Lipinski definition) is 2. The second-order valence-electron chi connectivity index (χ2n) is 8.55. The van der Waals surface area contributed by atoms with Crippen LogP contribution < -0.4 is 10.6 Å². The van der Waals surface area contributed by atoms with Crippen LogP contribution in [-0.2, 0) is 10.2 Å². The summed E-state index contributed by atoms with van der Waals surface area (Å²) >= 11 is 1.71. The minimum atomic E-state index is -0.00967. The molecule has 0 aliphatic carbocycles. The maximum absolute atomic E-state index is 11.6. The molecule has 2 rings (SSSR count). The van der Waals surface area contributed by atoms with Gasteiger partial charge in [-0.1, -0.05) is 34.6 Å². The topological polar surface area (TPSA) is 104 Å². The Morgan fingerprint density at radius 2 is 2.00 bits per heavy atom. The lowest BCUT2D eigenvalue weighted by atomic mass is 9.98. The van der Waals surface area contributed by atoms with Gasteiger partial charge in [-0.15, -0.1) is 11.3 Å². The van der Waals surface area contributed by atoms with Crippen molar-refractivity contribution in [2.45, 2.75) is 71.6 Å². The number of rotatable bonds is 10. The smallest absolute Gasteiger partial charge is 0.223 e. The van der Waals surface area contributed by atoms with Gasteiger partial charge in [-0.2, -0.15) is 5.26 Å². The fourth-order valence-electron chi connectivity index (χ4n) is 2.75. The van der Waals surface area contributed by atoms with Gasteiger partial charge >= 0.3 is 0 Å². The molecule has 2 heterocycles. The third-order valence-corrected chi connectivity index (χ3v) is 5.92. The van der Waals surface area contributed by atoms with Gasteiger partial charge in [0.05, 0.1) is 33.8 Å². The van der Waals surface area contributed by atoms with Crippen LogP contribution in [0.3, 0.4) is 0 Å². The van der Waals surface area contributed by atoms with Crippen molar-refractivity contribution in [1.82, 2.24) is 20.3 Å². The van der Waals surface area contributed by atoms with Crippen LogP contribution in [0.1, 0.15) is 76.9 Å². The van der Waals surface area contributed by atoms with Crippen LogP contribution in [0.15, 0.2) is 12.3 Å². The first-order valence-electron chi connectivity index (χ1n) is 10.4. The Balaban J connectivity index is 1.95. The molecule has 0 radical (unpaired) electrons. The highest BCUT2D eigenvalue weighted by Crippen LogP contribution is 2.38. The zero-order chi connectivity index (χ0) is 22.1. The monoisotopic (exact) mass is 428 g/mol. The molecule has 2 aromatic rings. The molecule has 0 atom stereocenters. The maximum Gasteiger partial charge on any atom is 0.223 e. The van der Waals surface area contributed by atoms with E-state index in [2.05, 4.69) is 50.2 Å². The SMILES string of the molecule is CC(C)c1nc(C(C)(C)C)sc1-c1ccnc(NCCCCC(=O)NCCC#N)n1. The van der Waals surface area contributed by atoms with Crippen LogP contribution in [0.5, 0.6) is 0 Å². The fourth-order valence-corrected chi connectivity index (χ4v) is 4.00. The van der Waals surface area contributed by atoms with Gasteiger partial charge in [0.15, 0.2) is 0 Å². The third kappa shape index (κ3) is 7.06. The number of aromatic nitrogens is 3. The van der Waals surface area contributed by atoms with E-state index in [0.717, 1.165) is 34.1 Å². The molecule has 0 bridgehead atoms. The van der Waals surface area contributed by atoms with E-state index in [1.54, 1.807) is 17.5 Å². The zero-order valence-electron chi connectivity index (χ0n) is 18.6. The number of hydrogen-bond acceptors (Lipinski definition) is 7. The van der Waals surface area contributed by atoms with E-state index in [0.29, 0.717) is 37.8 Å². The number of nitrogens with zero attached hydrogens (tertiary/aromatic N) is 4. The number of thiazole rings is 1. The first-order chi connectivity index (χ1) is 14.2. The van der Waals surface area contributed by atoms with Crippen LogP contribution in [0, 0.1) is 11.3 Å². The van der Waals surface area contributed by atoms with E-state index in [1.165, 1.54) is 0 Å². The lowest BCUT2D eigenvalue weighted by Crippen LogP contribution is -2.23. The second kappa shape index (κ2) is 11.0. The van der Waals surface area contributed by atoms with Crippen molar-refractivity contribution >= 4 is 23.2 Å². The summed E-state index contributed by atoms with van der Waals surface area (Å²) in [7, 11) is 0. The van der Waals surface area contributed by atoms with Gasteiger partial charge in [-0.25, -0.2) is 15.0 Å². The van der Waals surface area contributed by atoms with Crippen LogP contribution in [-0.4, -0.2) is 33.9 Å². The standard InChI is InChI=1S/C22H32N6OS/c1-15(2)18-19(30-20(28-18)22(3,4)5)16-10-14-26-21(27-16)25-12-7-6-9-17(29)24-13-8-11-23/h10,14-15H,6-9,12-13H2,1-5H3,(H,24,29)(H,25,26,27). The van der Waals surface area contributed by atoms with Gasteiger partial charge in [0, 0.05) is 31.1 Å². The number of carbonyl (C=O) groups is 1. The van der Waals surface area contributed by atoms with Crippen molar-refractivity contribution < 1.29 is 4.79 Å². The van der Waals surface area contributed by atoms with Crippen molar-refractivity contribution in [1.29, 1.82) is 5.26 Å². The summed E-state index contributed by atoms with van der Waals surface area (Å²) in [6, 6.07) is 3.94. The van der Waals surface area contributed by atoms with E-state index in [9.17, 15) is 4.79 Å². The lowest BCUT2D eigenvalue weighted by molar-refractivity contribution is -0.121. The number of nitriles is 1. The number of unbranched alkanes of at least 4 members (excludes halogenated alkanes) is 1. The first-order valence-corrected chi connectivity index (χ1v) is 11.3. The van der Waals surface area contributed by atoms with Crippen LogP contribution in [0.25, 0.3) is 10.6 Å². The summed E-state index contributed by atoms with van der Waals surface area (Å²) < 4.78 is 0. The maximum atomic E-state index is 11.6. The molecule has 0 aromatic carbocycles. The number of nitrogens with one attached hydrogen (secondary N) is 2. The number of amides is 1. The molecule has 0 unspecified atom stereocenters. The normalized spacial score (nSPS) is 11.4. The zero-order valence-corrected chi connectivity index (χ0v) is 19.4. The predicted octanol–water partition coefficient (Wildman–Crippen LogP) is 4.63. The minimum absolute atomic E-state index is 0.00155. The van der Waals surface area contributed by atoms with Gasteiger partial charge < -0.3 is 10.6 Å². The summed E-state index contributed by atoms with van der Waals surface area (Å²) in [4.78, 5) is 26.7. The fraction of sp³-hybridized carbons (Fsp3) is 0.591. The summed E-state index contributed by atoms with van der Waals surface area (Å²) in [5, 5.41) is 15.6. The van der Waals surface area contributed by atoms with Crippen LogP contribution >= 0.6 is 11.3 Å². The Morgan fingerprint density at radius 3 is 2.67 bits per heavy atom. The largest absolute Gasteiger partial charge is 0.355 e. The molecular formula is C22H32N6OS. The summed E-state index contributed by atoms with van der Waals surface area (Å²) in [5.74, 6) is 0.897. The Morgan fingerprint density at radius 1 is 1.23 bits per heavy atom. The average molecular weight is 429 g/mol. The van der Waals surface area contributed by atoms with E-state index in [-0.39, 0.29) is 11.3 Å². The summed E-state index contributed by atoms with van der Waals surface area (Å²) in [6.45, 7) is 12.0. The highest BCUT2D eigenvalue weighted by molar-refractivity contribution is 7.15. The van der Waals surface area contributed by atoms with Gasteiger partial charge in [0.1, 0.15) is 0 Å². The third-order valence-electron chi connectivity index (χ3n) is 4.40. The lowest BCUT2D eigenvalue weighted by Gasteiger charge is -2.13. The summed E-state index contributed by atoms with van der Waals surface area (Å²) in [6.07, 6.45) is 4.18. The van der Waals surface area contributed by atoms with Crippen molar-refractivity contribution in [2.75, 3.05) is 18.4 Å². The van der Waals surface area contributed by atoms with Gasteiger partial charge in [0.2, 0.25) is 11.9 Å². The molecule has 162 valence electrons. The highest BCUT2D eigenvalue weighted by Gasteiger charge is 2.24. The molecule has 0 fully saturated rings. The molecule has 2 aromatic heterocycles. The minimum Gasteiger partial charge on any atom is -0.355 e. The van der Waals surface area contributed by atoms with Crippen LogP contribution in [0.4, 0.5) is 5.95 Å². The van der Waals surface area contributed by atoms with E-state index in [1.807, 2.05) is 12.1 Å². The molecule has 7 nitrogen and oxygen atoms in total. The molecule has 1 amide bonds. The van der Waals surface area contributed by atoms with E-state index in [4.69, 9.17) is 15.2 Å². The molecule has 8 heteroatoms. The quantitative estimate of drug-likeness (QED) is 0.535. The molecule has 30 heavy (non-hydrogen) atoms. The van der Waals surface area contributed by atoms with E-state index >= 15 is 0 Å². The molecule has 2 N–H and O–H groups in total. The van der Waals surface area contributed by atoms with Gasteiger partial charge in [-0.05, 0) is 24.8 Å². The molecule has 0 saturated carbocycles. The van der Waals surface area contributed by atoms with Crippen molar-refractivity contribution in [3.63, 3.8) is 0 Å². The Kier molecular flexibility index (Phi) is 8.72. The van der Waals surface area contributed by atoms with Crippen LogP contribution in [0.2, 0.25) is 0 Å². The molecule has 0 spiro atoms. The Labute approximate surface area is 183 Å². The molecule has 0 aliphatic rings. The van der Waals surface area contributed by atoms with Gasteiger partial charge in [-0.3, -0.25) is 4.79 Å². The summed E-state index contributed by atoms with van der Waals surface area (Å²) in [5.41, 5.74) is 1.97. The molecule has 0 aliphatic heterocycles.